The third-order valence-electron chi connectivity index (χ3n) is 3.66. The summed E-state index contributed by atoms with van der Waals surface area (Å²) in [6.07, 6.45) is 2.25. The Morgan fingerprint density at radius 2 is 2.10 bits per heavy atom. The van der Waals surface area contributed by atoms with Gasteiger partial charge in [0.05, 0.1) is 16.7 Å². The lowest BCUT2D eigenvalue weighted by Crippen LogP contribution is -2.41. The van der Waals surface area contributed by atoms with Crippen LogP contribution >= 0.6 is 11.6 Å². The number of carbonyl (C=O) groups excluding carboxylic acids is 1. The first-order valence-electron chi connectivity index (χ1n) is 7.38. The maximum Gasteiger partial charge on any atom is 0.255 e. The van der Waals surface area contributed by atoms with E-state index >= 15 is 0 Å². The molecule has 1 atom stereocenters. The second-order valence-electron chi connectivity index (χ2n) is 5.67. The molecule has 1 aromatic carbocycles. The highest BCUT2D eigenvalue weighted by Gasteiger charge is 2.24. The normalized spacial score (nSPS) is 18.2. The van der Waals surface area contributed by atoms with E-state index in [0.29, 0.717) is 23.7 Å². The van der Waals surface area contributed by atoms with E-state index in [4.69, 9.17) is 16.3 Å². The molecule has 0 aromatic heterocycles. The van der Waals surface area contributed by atoms with Crippen LogP contribution in [0, 0.1) is 0 Å². The van der Waals surface area contributed by atoms with E-state index in [1.807, 2.05) is 31.1 Å². The Bertz CT molecular complexity index is 473. The number of hydrogen-bond donors (Lipinski definition) is 0. The van der Waals surface area contributed by atoms with Crippen LogP contribution in [0.15, 0.2) is 24.3 Å². The number of hydrogen-bond acceptors (Lipinski definition) is 3. The third kappa shape index (κ3) is 4.70. The Labute approximate surface area is 131 Å². The van der Waals surface area contributed by atoms with Gasteiger partial charge in [0, 0.05) is 26.2 Å². The minimum atomic E-state index is -0.0158. The number of nitrogens with zero attached hydrogens (tertiary/aromatic N) is 2. The number of halogens is 1. The van der Waals surface area contributed by atoms with Crippen molar-refractivity contribution in [1.82, 2.24) is 9.80 Å². The van der Waals surface area contributed by atoms with Gasteiger partial charge in [-0.05, 0) is 39.1 Å². The number of amides is 1. The molecular formula is C16H23ClN2O2. The molecule has 0 unspecified atom stereocenters. The molecule has 1 aliphatic rings. The summed E-state index contributed by atoms with van der Waals surface area (Å²) in [5.74, 6) is -0.0158. The van der Waals surface area contributed by atoms with E-state index in [-0.39, 0.29) is 12.0 Å². The molecule has 1 aromatic rings. The van der Waals surface area contributed by atoms with Crippen molar-refractivity contribution in [2.45, 2.75) is 18.9 Å². The fourth-order valence-corrected chi connectivity index (χ4v) is 2.65. The average molecular weight is 311 g/mol. The molecule has 0 spiro atoms. The van der Waals surface area contributed by atoms with Crippen LogP contribution in [0.5, 0.6) is 0 Å². The topological polar surface area (TPSA) is 32.8 Å². The van der Waals surface area contributed by atoms with Crippen molar-refractivity contribution >= 4 is 17.5 Å². The number of carbonyl (C=O) groups is 1. The van der Waals surface area contributed by atoms with Crippen molar-refractivity contribution in [2.75, 3.05) is 40.3 Å². The molecule has 0 saturated carbocycles. The number of benzene rings is 1. The van der Waals surface area contributed by atoms with Gasteiger partial charge in [0.1, 0.15) is 0 Å². The van der Waals surface area contributed by atoms with Crippen molar-refractivity contribution in [3.05, 3.63) is 34.9 Å². The molecule has 0 radical (unpaired) electrons. The van der Waals surface area contributed by atoms with Gasteiger partial charge in [-0.3, -0.25) is 4.79 Å². The Hall–Kier alpha value is -1.10. The van der Waals surface area contributed by atoms with Gasteiger partial charge in [0.15, 0.2) is 0 Å². The van der Waals surface area contributed by atoms with Crippen molar-refractivity contribution in [3.8, 4) is 0 Å². The standard InChI is InChI=1S/C16H23ClN2O2/c1-18(2)9-10-19(12-13-6-5-11-21-13)16(20)14-7-3-4-8-15(14)17/h3-4,7-8,13H,5-6,9-12H2,1-2H3/t13-/m1/s1. The second-order valence-corrected chi connectivity index (χ2v) is 6.08. The molecule has 1 heterocycles. The fraction of sp³-hybridized carbons (Fsp3) is 0.562. The van der Waals surface area contributed by atoms with Crippen LogP contribution in [0.1, 0.15) is 23.2 Å². The lowest BCUT2D eigenvalue weighted by molar-refractivity contribution is 0.0512. The maximum atomic E-state index is 12.7. The zero-order chi connectivity index (χ0) is 15.2. The van der Waals surface area contributed by atoms with Crippen molar-refractivity contribution < 1.29 is 9.53 Å². The van der Waals surface area contributed by atoms with E-state index in [1.165, 1.54) is 0 Å². The zero-order valence-electron chi connectivity index (χ0n) is 12.7. The maximum absolute atomic E-state index is 12.7. The van der Waals surface area contributed by atoms with Gasteiger partial charge in [-0.25, -0.2) is 0 Å². The summed E-state index contributed by atoms with van der Waals surface area (Å²) in [5, 5.41) is 0.504. The molecule has 0 bridgehead atoms. The predicted molar refractivity (Wildman–Crippen MR) is 84.9 cm³/mol. The van der Waals surface area contributed by atoms with Gasteiger partial charge in [-0.2, -0.15) is 0 Å². The van der Waals surface area contributed by atoms with Crippen LogP contribution < -0.4 is 0 Å². The van der Waals surface area contributed by atoms with Crippen LogP contribution in [0.4, 0.5) is 0 Å². The van der Waals surface area contributed by atoms with Gasteiger partial charge in [0.25, 0.3) is 5.91 Å². The summed E-state index contributed by atoms with van der Waals surface area (Å²) >= 11 is 6.15. The van der Waals surface area contributed by atoms with Gasteiger partial charge >= 0.3 is 0 Å². The number of likely N-dealkylation sites (N-methyl/N-ethyl adjacent to an activating group) is 1. The first kappa shape index (κ1) is 16.3. The van der Waals surface area contributed by atoms with Crippen LogP contribution in [-0.4, -0.2) is 62.1 Å². The van der Waals surface area contributed by atoms with E-state index < -0.39 is 0 Å². The quantitative estimate of drug-likeness (QED) is 0.809. The van der Waals surface area contributed by atoms with Crippen molar-refractivity contribution in [3.63, 3.8) is 0 Å². The molecule has 1 amide bonds. The Morgan fingerprint density at radius 1 is 1.33 bits per heavy atom. The van der Waals surface area contributed by atoms with Gasteiger partial charge in [-0.15, -0.1) is 0 Å². The SMILES string of the molecule is CN(C)CCN(C[C@H]1CCCO1)C(=O)c1ccccc1Cl. The summed E-state index contributed by atoms with van der Waals surface area (Å²) in [6, 6.07) is 7.21. The molecule has 0 aliphatic carbocycles. The van der Waals surface area contributed by atoms with Crippen LogP contribution in [0.3, 0.4) is 0 Å². The predicted octanol–water partition coefficient (Wildman–Crippen LogP) is 2.52. The highest BCUT2D eigenvalue weighted by molar-refractivity contribution is 6.33. The first-order valence-corrected chi connectivity index (χ1v) is 7.76. The minimum Gasteiger partial charge on any atom is -0.376 e. The summed E-state index contributed by atoms with van der Waals surface area (Å²) in [7, 11) is 4.01. The summed E-state index contributed by atoms with van der Waals surface area (Å²) in [4.78, 5) is 16.7. The number of rotatable bonds is 6. The fourth-order valence-electron chi connectivity index (χ4n) is 2.44. The summed E-state index contributed by atoms with van der Waals surface area (Å²) in [5.41, 5.74) is 0.566. The van der Waals surface area contributed by atoms with E-state index in [1.54, 1.807) is 12.1 Å². The van der Waals surface area contributed by atoms with E-state index in [0.717, 1.165) is 26.0 Å². The Kier molecular flexibility index (Phi) is 6.03. The molecule has 21 heavy (non-hydrogen) atoms. The van der Waals surface area contributed by atoms with Gasteiger partial charge in [0.2, 0.25) is 0 Å². The summed E-state index contributed by atoms with van der Waals surface area (Å²) < 4.78 is 5.67. The van der Waals surface area contributed by atoms with Crippen LogP contribution in [0.2, 0.25) is 5.02 Å². The van der Waals surface area contributed by atoms with E-state index in [2.05, 4.69) is 4.90 Å². The molecule has 1 fully saturated rings. The largest absolute Gasteiger partial charge is 0.376 e. The molecule has 5 heteroatoms. The van der Waals surface area contributed by atoms with Crippen LogP contribution in [-0.2, 0) is 4.74 Å². The molecule has 2 rings (SSSR count). The second kappa shape index (κ2) is 7.78. The smallest absolute Gasteiger partial charge is 0.255 e. The third-order valence-corrected chi connectivity index (χ3v) is 3.99. The lowest BCUT2D eigenvalue weighted by atomic mass is 10.1. The monoisotopic (exact) mass is 310 g/mol. The molecule has 4 nitrogen and oxygen atoms in total. The highest BCUT2D eigenvalue weighted by atomic mass is 35.5. The van der Waals surface area contributed by atoms with Crippen molar-refractivity contribution in [2.24, 2.45) is 0 Å². The lowest BCUT2D eigenvalue weighted by Gasteiger charge is -2.27. The summed E-state index contributed by atoms with van der Waals surface area (Å²) in [6.45, 7) is 2.93. The van der Waals surface area contributed by atoms with Gasteiger partial charge in [-0.1, -0.05) is 23.7 Å². The average Bonchev–Trinajstić information content (AvgIpc) is 2.96. The van der Waals surface area contributed by atoms with Crippen LogP contribution in [0.25, 0.3) is 0 Å². The Morgan fingerprint density at radius 3 is 2.71 bits per heavy atom. The molecule has 1 saturated heterocycles. The minimum absolute atomic E-state index is 0.0158. The highest BCUT2D eigenvalue weighted by Crippen LogP contribution is 2.19. The van der Waals surface area contributed by atoms with Gasteiger partial charge < -0.3 is 14.5 Å². The number of ether oxygens (including phenoxy) is 1. The molecule has 1 aliphatic heterocycles. The zero-order valence-corrected chi connectivity index (χ0v) is 13.5. The molecule has 0 N–H and O–H groups in total. The Balaban J connectivity index is 2.09. The van der Waals surface area contributed by atoms with E-state index in [9.17, 15) is 4.79 Å². The molecular weight excluding hydrogens is 288 g/mol. The van der Waals surface area contributed by atoms with Crippen molar-refractivity contribution in [1.29, 1.82) is 0 Å². The molecule has 116 valence electrons. The first-order chi connectivity index (χ1) is 10.1.